The molecule has 0 saturated heterocycles. The zero-order valence-electron chi connectivity index (χ0n) is 11.8. The summed E-state index contributed by atoms with van der Waals surface area (Å²) in [5.41, 5.74) is 0.158. The molecule has 0 unspecified atom stereocenters. The third kappa shape index (κ3) is 2.64. The SMILES string of the molecule is CC(C)(Cc1nccn1C(C)(C)C)c1ccns1. The largest absolute Gasteiger partial charge is 0.330 e. The summed E-state index contributed by atoms with van der Waals surface area (Å²) in [7, 11) is 0. The fourth-order valence-electron chi connectivity index (χ4n) is 2.12. The molecule has 18 heavy (non-hydrogen) atoms. The van der Waals surface area contributed by atoms with Gasteiger partial charge < -0.3 is 4.57 Å². The van der Waals surface area contributed by atoms with E-state index in [0.29, 0.717) is 0 Å². The maximum atomic E-state index is 4.52. The summed E-state index contributed by atoms with van der Waals surface area (Å²) in [4.78, 5) is 5.84. The summed E-state index contributed by atoms with van der Waals surface area (Å²) in [6.45, 7) is 11.1. The van der Waals surface area contributed by atoms with Crippen molar-refractivity contribution in [1.29, 1.82) is 0 Å². The van der Waals surface area contributed by atoms with E-state index in [1.54, 1.807) is 11.5 Å². The lowest BCUT2D eigenvalue weighted by atomic mass is 9.87. The van der Waals surface area contributed by atoms with Crippen LogP contribution in [-0.2, 0) is 17.4 Å². The molecular weight excluding hydrogens is 242 g/mol. The highest BCUT2D eigenvalue weighted by molar-refractivity contribution is 7.05. The first kappa shape index (κ1) is 13.3. The molecule has 0 radical (unpaired) electrons. The van der Waals surface area contributed by atoms with Gasteiger partial charge in [-0.1, -0.05) is 13.8 Å². The lowest BCUT2D eigenvalue weighted by Gasteiger charge is -2.27. The molecule has 0 aliphatic heterocycles. The van der Waals surface area contributed by atoms with Gasteiger partial charge in [0, 0.05) is 40.8 Å². The molecule has 3 nitrogen and oxygen atoms in total. The summed E-state index contributed by atoms with van der Waals surface area (Å²) in [5, 5.41) is 0. The van der Waals surface area contributed by atoms with Crippen LogP contribution in [0, 0.1) is 0 Å². The summed E-state index contributed by atoms with van der Waals surface area (Å²) in [6, 6.07) is 2.11. The van der Waals surface area contributed by atoms with E-state index in [9.17, 15) is 0 Å². The Morgan fingerprint density at radius 2 is 1.89 bits per heavy atom. The predicted octanol–water partition coefficient (Wildman–Crippen LogP) is 3.61. The first-order valence-corrected chi connectivity index (χ1v) is 7.02. The number of aromatic nitrogens is 3. The second-order valence-electron chi connectivity index (χ2n) is 6.32. The number of imidazole rings is 1. The Balaban J connectivity index is 2.28. The highest BCUT2D eigenvalue weighted by atomic mass is 32.1. The molecule has 0 amide bonds. The van der Waals surface area contributed by atoms with E-state index >= 15 is 0 Å². The van der Waals surface area contributed by atoms with E-state index < -0.39 is 0 Å². The highest BCUT2D eigenvalue weighted by Crippen LogP contribution is 2.30. The Hall–Kier alpha value is -1.16. The van der Waals surface area contributed by atoms with Crippen LogP contribution in [0.2, 0.25) is 0 Å². The van der Waals surface area contributed by atoms with Crippen LogP contribution in [0.1, 0.15) is 45.3 Å². The zero-order valence-corrected chi connectivity index (χ0v) is 12.6. The molecule has 0 spiro atoms. The van der Waals surface area contributed by atoms with Crippen LogP contribution in [0.15, 0.2) is 24.7 Å². The van der Waals surface area contributed by atoms with Crippen LogP contribution in [0.25, 0.3) is 0 Å². The molecule has 2 rings (SSSR count). The van der Waals surface area contributed by atoms with E-state index in [1.807, 2.05) is 12.4 Å². The van der Waals surface area contributed by atoms with Crippen LogP contribution < -0.4 is 0 Å². The quantitative estimate of drug-likeness (QED) is 0.847. The van der Waals surface area contributed by atoms with Crippen molar-refractivity contribution in [2.75, 3.05) is 0 Å². The molecule has 0 aliphatic rings. The fourth-order valence-corrected chi connectivity index (χ4v) is 2.80. The van der Waals surface area contributed by atoms with Gasteiger partial charge in [-0.05, 0) is 38.4 Å². The standard InChI is InChI=1S/C14H21N3S/c1-13(2,3)17-9-8-15-12(17)10-14(4,5)11-6-7-16-18-11/h6-9H,10H2,1-5H3. The van der Waals surface area contributed by atoms with Crippen molar-refractivity contribution >= 4 is 11.5 Å². The van der Waals surface area contributed by atoms with Gasteiger partial charge in [0.1, 0.15) is 5.82 Å². The Kier molecular flexibility index (Phi) is 3.32. The molecule has 2 heterocycles. The Bertz CT molecular complexity index is 503. The van der Waals surface area contributed by atoms with Gasteiger partial charge in [0.05, 0.1) is 0 Å². The molecule has 0 N–H and O–H groups in total. The molecule has 2 aromatic rings. The van der Waals surface area contributed by atoms with E-state index in [-0.39, 0.29) is 11.0 Å². The van der Waals surface area contributed by atoms with E-state index in [0.717, 1.165) is 12.2 Å². The van der Waals surface area contributed by atoms with Crippen molar-refractivity contribution in [3.8, 4) is 0 Å². The maximum absolute atomic E-state index is 4.52. The van der Waals surface area contributed by atoms with Crippen molar-refractivity contribution in [3.05, 3.63) is 35.4 Å². The van der Waals surface area contributed by atoms with Crippen molar-refractivity contribution in [3.63, 3.8) is 0 Å². The molecule has 4 heteroatoms. The lowest BCUT2D eigenvalue weighted by molar-refractivity contribution is 0.368. The summed E-state index contributed by atoms with van der Waals surface area (Å²) in [5.74, 6) is 1.14. The van der Waals surface area contributed by atoms with Crippen molar-refractivity contribution in [2.24, 2.45) is 0 Å². The molecule has 0 aromatic carbocycles. The summed E-state index contributed by atoms with van der Waals surface area (Å²) < 4.78 is 6.46. The van der Waals surface area contributed by atoms with Gasteiger partial charge in [-0.25, -0.2) is 9.36 Å². The van der Waals surface area contributed by atoms with Crippen LogP contribution in [-0.4, -0.2) is 13.9 Å². The third-order valence-electron chi connectivity index (χ3n) is 3.14. The smallest absolute Gasteiger partial charge is 0.110 e. The van der Waals surface area contributed by atoms with Gasteiger partial charge in [-0.15, -0.1) is 0 Å². The minimum atomic E-state index is 0.0789. The van der Waals surface area contributed by atoms with Crippen LogP contribution >= 0.6 is 11.5 Å². The molecule has 98 valence electrons. The Labute approximate surface area is 113 Å². The topological polar surface area (TPSA) is 30.7 Å². The molecular formula is C14H21N3S. The highest BCUT2D eigenvalue weighted by Gasteiger charge is 2.27. The average molecular weight is 263 g/mol. The van der Waals surface area contributed by atoms with Gasteiger partial charge in [0.25, 0.3) is 0 Å². The molecule has 2 aromatic heterocycles. The fraction of sp³-hybridized carbons (Fsp3) is 0.571. The van der Waals surface area contributed by atoms with Crippen LogP contribution in [0.5, 0.6) is 0 Å². The minimum Gasteiger partial charge on any atom is -0.330 e. The Morgan fingerprint density at radius 1 is 1.17 bits per heavy atom. The number of hydrogen-bond donors (Lipinski definition) is 0. The number of rotatable bonds is 3. The Morgan fingerprint density at radius 3 is 2.44 bits per heavy atom. The monoisotopic (exact) mass is 263 g/mol. The normalized spacial score (nSPS) is 12.9. The van der Waals surface area contributed by atoms with Crippen LogP contribution in [0.3, 0.4) is 0 Å². The minimum absolute atomic E-state index is 0.0789. The molecule has 0 fully saturated rings. The first-order chi connectivity index (χ1) is 8.31. The number of nitrogens with zero attached hydrogens (tertiary/aromatic N) is 3. The summed E-state index contributed by atoms with van der Waals surface area (Å²) >= 11 is 1.58. The van der Waals surface area contributed by atoms with Crippen molar-refractivity contribution in [1.82, 2.24) is 13.9 Å². The average Bonchev–Trinajstić information content (AvgIpc) is 2.83. The lowest BCUT2D eigenvalue weighted by Crippen LogP contribution is -2.28. The van der Waals surface area contributed by atoms with Gasteiger partial charge in [-0.2, -0.15) is 0 Å². The number of hydrogen-bond acceptors (Lipinski definition) is 3. The van der Waals surface area contributed by atoms with Crippen molar-refractivity contribution < 1.29 is 0 Å². The van der Waals surface area contributed by atoms with Gasteiger partial charge in [0.15, 0.2) is 0 Å². The molecule has 0 saturated carbocycles. The van der Waals surface area contributed by atoms with E-state index in [1.165, 1.54) is 4.88 Å². The van der Waals surface area contributed by atoms with Gasteiger partial charge >= 0.3 is 0 Å². The maximum Gasteiger partial charge on any atom is 0.110 e. The first-order valence-electron chi connectivity index (χ1n) is 6.24. The van der Waals surface area contributed by atoms with Crippen LogP contribution in [0.4, 0.5) is 0 Å². The van der Waals surface area contributed by atoms with Gasteiger partial charge in [0.2, 0.25) is 0 Å². The molecule has 0 bridgehead atoms. The van der Waals surface area contributed by atoms with E-state index in [4.69, 9.17) is 0 Å². The van der Waals surface area contributed by atoms with Gasteiger partial charge in [-0.3, -0.25) is 0 Å². The van der Waals surface area contributed by atoms with E-state index in [2.05, 4.69) is 60.8 Å². The third-order valence-corrected chi connectivity index (χ3v) is 4.26. The zero-order chi connectivity index (χ0) is 13.4. The predicted molar refractivity (Wildman–Crippen MR) is 76.1 cm³/mol. The molecule has 0 atom stereocenters. The second-order valence-corrected chi connectivity index (χ2v) is 7.15. The summed E-state index contributed by atoms with van der Waals surface area (Å²) in [6.07, 6.45) is 6.76. The second kappa shape index (κ2) is 4.50. The van der Waals surface area contributed by atoms with Crippen molar-refractivity contribution in [2.45, 2.75) is 52.0 Å². The molecule has 0 aliphatic carbocycles.